The molecule has 2 nitrogen and oxygen atoms in total. The van der Waals surface area contributed by atoms with Crippen LogP contribution in [0.4, 0.5) is 0 Å². The molecule has 2 rings (SSSR count). The van der Waals surface area contributed by atoms with Gasteiger partial charge in [-0.2, -0.15) is 0 Å². The van der Waals surface area contributed by atoms with Crippen molar-refractivity contribution in [3.63, 3.8) is 0 Å². The van der Waals surface area contributed by atoms with Gasteiger partial charge in [-0.1, -0.05) is 35.3 Å². The number of nitrogens with zero attached hydrogens (tertiary/aromatic N) is 1. The Morgan fingerprint density at radius 2 is 2.10 bits per heavy atom. The van der Waals surface area contributed by atoms with Gasteiger partial charge in [0.15, 0.2) is 0 Å². The normalized spacial score (nSPS) is 10.3. The quantitative estimate of drug-likeness (QED) is 0.717. The number of carbonyl (C=O) groups is 1. The van der Waals surface area contributed by atoms with Gasteiger partial charge >= 0.3 is 0 Å². The Balaban J connectivity index is 2.21. The van der Waals surface area contributed by atoms with Gasteiger partial charge in [0, 0.05) is 17.0 Å². The molecule has 2 aromatic rings. The van der Waals surface area contributed by atoms with Gasteiger partial charge in [-0.25, -0.2) is 0 Å². The third kappa shape index (κ3) is 3.63. The first-order valence-electron chi connectivity index (χ1n) is 5.99. The molecule has 1 aromatic carbocycles. The third-order valence-electron chi connectivity index (χ3n) is 2.73. The third-order valence-corrected chi connectivity index (χ3v) is 4.33. The van der Waals surface area contributed by atoms with Crippen molar-refractivity contribution < 1.29 is 4.79 Å². The molecule has 0 spiro atoms. The molecule has 1 aromatic heterocycles. The standard InChI is InChI=1S/C15H13Cl2NOS/c1-2-7-18(10-12-4-3-8-20-12)15(19)11-5-6-13(16)14(17)9-11/h2-6,8-9H,1,7,10H2. The van der Waals surface area contributed by atoms with Crippen molar-refractivity contribution in [2.24, 2.45) is 0 Å². The van der Waals surface area contributed by atoms with Gasteiger partial charge < -0.3 is 4.90 Å². The average molecular weight is 326 g/mol. The van der Waals surface area contributed by atoms with E-state index in [1.54, 1.807) is 40.5 Å². The Labute approximate surface area is 132 Å². The SMILES string of the molecule is C=CCN(Cc1cccs1)C(=O)c1ccc(Cl)c(Cl)c1. The number of carbonyl (C=O) groups excluding carboxylic acids is 1. The molecule has 0 atom stereocenters. The summed E-state index contributed by atoms with van der Waals surface area (Å²) in [6.45, 7) is 4.74. The van der Waals surface area contributed by atoms with E-state index >= 15 is 0 Å². The second-order valence-corrected chi connectivity index (χ2v) is 6.03. The molecule has 1 amide bonds. The number of benzene rings is 1. The van der Waals surface area contributed by atoms with E-state index in [0.29, 0.717) is 28.7 Å². The van der Waals surface area contributed by atoms with E-state index in [1.807, 2.05) is 17.5 Å². The molecule has 0 fully saturated rings. The molecule has 0 aliphatic heterocycles. The number of thiophene rings is 1. The van der Waals surface area contributed by atoms with Crippen LogP contribution in [0.15, 0.2) is 48.4 Å². The minimum Gasteiger partial charge on any atom is -0.330 e. The van der Waals surface area contributed by atoms with E-state index in [1.165, 1.54) is 0 Å². The lowest BCUT2D eigenvalue weighted by Gasteiger charge is -2.20. The summed E-state index contributed by atoms with van der Waals surface area (Å²) in [6, 6.07) is 8.88. The Bertz CT molecular complexity index is 610. The zero-order valence-corrected chi connectivity index (χ0v) is 13.0. The molecule has 0 aliphatic carbocycles. The van der Waals surface area contributed by atoms with E-state index in [2.05, 4.69) is 6.58 Å². The largest absolute Gasteiger partial charge is 0.330 e. The van der Waals surface area contributed by atoms with Crippen molar-refractivity contribution in [2.75, 3.05) is 6.54 Å². The summed E-state index contributed by atoms with van der Waals surface area (Å²) in [5, 5.41) is 2.81. The Morgan fingerprint density at radius 3 is 2.70 bits per heavy atom. The van der Waals surface area contributed by atoms with Crippen molar-refractivity contribution in [3.8, 4) is 0 Å². The highest BCUT2D eigenvalue weighted by molar-refractivity contribution is 7.09. The zero-order chi connectivity index (χ0) is 14.5. The van der Waals surface area contributed by atoms with Crippen LogP contribution in [-0.2, 0) is 6.54 Å². The lowest BCUT2D eigenvalue weighted by atomic mass is 10.2. The fourth-order valence-corrected chi connectivity index (χ4v) is 2.80. The van der Waals surface area contributed by atoms with E-state index < -0.39 is 0 Å². The van der Waals surface area contributed by atoms with Gasteiger partial charge in [0.25, 0.3) is 5.91 Å². The number of halogens is 2. The molecule has 0 saturated carbocycles. The topological polar surface area (TPSA) is 20.3 Å². The Morgan fingerprint density at radius 1 is 1.30 bits per heavy atom. The fraction of sp³-hybridized carbons (Fsp3) is 0.133. The zero-order valence-electron chi connectivity index (χ0n) is 10.7. The highest BCUT2D eigenvalue weighted by atomic mass is 35.5. The van der Waals surface area contributed by atoms with Crippen LogP contribution >= 0.6 is 34.5 Å². The van der Waals surface area contributed by atoms with Crippen LogP contribution in [0.1, 0.15) is 15.2 Å². The van der Waals surface area contributed by atoms with E-state index in [-0.39, 0.29) is 5.91 Å². The van der Waals surface area contributed by atoms with Crippen LogP contribution in [-0.4, -0.2) is 17.4 Å². The van der Waals surface area contributed by atoms with Crippen molar-refractivity contribution in [1.82, 2.24) is 4.90 Å². The molecular formula is C15H13Cl2NOS. The maximum atomic E-state index is 12.5. The van der Waals surface area contributed by atoms with Crippen LogP contribution < -0.4 is 0 Å². The van der Waals surface area contributed by atoms with E-state index in [9.17, 15) is 4.79 Å². The Hall–Kier alpha value is -1.29. The van der Waals surface area contributed by atoms with Gasteiger partial charge in [-0.15, -0.1) is 17.9 Å². The van der Waals surface area contributed by atoms with Crippen molar-refractivity contribution in [3.05, 3.63) is 68.9 Å². The summed E-state index contributed by atoms with van der Waals surface area (Å²) < 4.78 is 0. The molecule has 5 heteroatoms. The van der Waals surface area contributed by atoms with Crippen molar-refractivity contribution in [1.29, 1.82) is 0 Å². The number of amides is 1. The van der Waals surface area contributed by atoms with Gasteiger partial charge in [-0.05, 0) is 29.6 Å². The van der Waals surface area contributed by atoms with Gasteiger partial charge in [0.05, 0.1) is 16.6 Å². The number of hydrogen-bond donors (Lipinski definition) is 0. The van der Waals surface area contributed by atoms with Crippen molar-refractivity contribution >= 4 is 40.4 Å². The maximum Gasteiger partial charge on any atom is 0.254 e. The highest BCUT2D eigenvalue weighted by Gasteiger charge is 2.16. The monoisotopic (exact) mass is 325 g/mol. The predicted molar refractivity (Wildman–Crippen MR) is 85.7 cm³/mol. The second kappa shape index (κ2) is 6.93. The summed E-state index contributed by atoms with van der Waals surface area (Å²) in [5.74, 6) is -0.0862. The molecule has 20 heavy (non-hydrogen) atoms. The van der Waals surface area contributed by atoms with Gasteiger partial charge in [0.2, 0.25) is 0 Å². The first-order chi connectivity index (χ1) is 9.61. The first kappa shape index (κ1) is 15.1. The minimum absolute atomic E-state index is 0.0862. The minimum atomic E-state index is -0.0862. The Kier molecular flexibility index (Phi) is 5.24. The summed E-state index contributed by atoms with van der Waals surface area (Å²) in [4.78, 5) is 15.4. The van der Waals surface area contributed by atoms with E-state index in [4.69, 9.17) is 23.2 Å². The number of hydrogen-bond acceptors (Lipinski definition) is 2. The molecule has 0 bridgehead atoms. The summed E-state index contributed by atoms with van der Waals surface area (Å²) >= 11 is 13.5. The summed E-state index contributed by atoms with van der Waals surface area (Å²) in [5.41, 5.74) is 0.526. The molecule has 1 heterocycles. The summed E-state index contributed by atoms with van der Waals surface area (Å²) in [7, 11) is 0. The van der Waals surface area contributed by atoms with E-state index in [0.717, 1.165) is 4.88 Å². The van der Waals surface area contributed by atoms with Crippen LogP contribution in [0.2, 0.25) is 10.0 Å². The maximum absolute atomic E-state index is 12.5. The highest BCUT2D eigenvalue weighted by Crippen LogP contribution is 2.24. The van der Waals surface area contributed by atoms with Gasteiger partial charge in [-0.3, -0.25) is 4.79 Å². The fourth-order valence-electron chi connectivity index (χ4n) is 1.78. The smallest absolute Gasteiger partial charge is 0.254 e. The van der Waals surface area contributed by atoms with Crippen LogP contribution in [0.25, 0.3) is 0 Å². The van der Waals surface area contributed by atoms with Crippen LogP contribution in [0.3, 0.4) is 0 Å². The average Bonchev–Trinajstić information content (AvgIpc) is 2.93. The predicted octanol–water partition coefficient (Wildman–Crippen LogP) is 4.88. The molecule has 0 saturated heterocycles. The molecule has 0 N–H and O–H groups in total. The molecule has 104 valence electrons. The van der Waals surface area contributed by atoms with Crippen molar-refractivity contribution in [2.45, 2.75) is 6.54 Å². The molecule has 0 radical (unpaired) electrons. The van der Waals surface area contributed by atoms with Crippen LogP contribution in [0, 0.1) is 0 Å². The molecular weight excluding hydrogens is 313 g/mol. The van der Waals surface area contributed by atoms with Crippen LogP contribution in [0.5, 0.6) is 0 Å². The summed E-state index contributed by atoms with van der Waals surface area (Å²) in [6.07, 6.45) is 1.71. The second-order valence-electron chi connectivity index (χ2n) is 4.18. The number of rotatable bonds is 5. The molecule has 0 aliphatic rings. The lowest BCUT2D eigenvalue weighted by molar-refractivity contribution is 0.0764. The first-order valence-corrected chi connectivity index (χ1v) is 7.63. The van der Waals surface area contributed by atoms with Gasteiger partial charge in [0.1, 0.15) is 0 Å². The molecule has 0 unspecified atom stereocenters. The lowest BCUT2D eigenvalue weighted by Crippen LogP contribution is -2.30.